The standard InChI is InChI=1S/C15H19N3O2/c1-17-13-4-3-12(18-7-2-5-16-6-8-18)9-11(13)10-14(17)15(19)20/h3-4,9-10,16H,2,5-8H2,1H3,(H,19,20). The largest absolute Gasteiger partial charge is 0.477 e. The van der Waals surface area contributed by atoms with E-state index in [1.165, 1.54) is 5.69 Å². The summed E-state index contributed by atoms with van der Waals surface area (Å²) in [4.78, 5) is 13.5. The Morgan fingerprint density at radius 3 is 2.90 bits per heavy atom. The molecule has 3 rings (SSSR count). The van der Waals surface area contributed by atoms with Crippen LogP contribution in [0.1, 0.15) is 16.9 Å². The Kier molecular flexibility index (Phi) is 3.36. The first-order valence-electron chi connectivity index (χ1n) is 6.95. The zero-order valence-corrected chi connectivity index (χ0v) is 11.6. The summed E-state index contributed by atoms with van der Waals surface area (Å²) in [7, 11) is 1.79. The number of benzene rings is 1. The predicted molar refractivity (Wildman–Crippen MR) is 79.6 cm³/mol. The SMILES string of the molecule is Cn1c(C(=O)O)cc2cc(N3CCCNCC3)ccc21. The monoisotopic (exact) mass is 273 g/mol. The lowest BCUT2D eigenvalue weighted by Crippen LogP contribution is -2.27. The molecule has 1 saturated heterocycles. The van der Waals surface area contributed by atoms with Crippen molar-refractivity contribution < 1.29 is 9.90 Å². The first kappa shape index (κ1) is 13.0. The number of rotatable bonds is 2. The highest BCUT2D eigenvalue weighted by Gasteiger charge is 2.14. The van der Waals surface area contributed by atoms with Crippen LogP contribution >= 0.6 is 0 Å². The van der Waals surface area contributed by atoms with Crippen LogP contribution in [0.15, 0.2) is 24.3 Å². The molecule has 1 aliphatic rings. The van der Waals surface area contributed by atoms with Crippen LogP contribution in [0, 0.1) is 0 Å². The number of aromatic carboxylic acids is 1. The summed E-state index contributed by atoms with van der Waals surface area (Å²) in [5.41, 5.74) is 2.46. The molecule has 5 nitrogen and oxygen atoms in total. The maximum absolute atomic E-state index is 11.2. The molecule has 0 saturated carbocycles. The second-order valence-corrected chi connectivity index (χ2v) is 5.23. The zero-order valence-electron chi connectivity index (χ0n) is 11.6. The average molecular weight is 273 g/mol. The topological polar surface area (TPSA) is 57.5 Å². The van der Waals surface area contributed by atoms with Gasteiger partial charge in [0.15, 0.2) is 0 Å². The molecule has 0 radical (unpaired) electrons. The number of nitrogens with zero attached hydrogens (tertiary/aromatic N) is 2. The van der Waals surface area contributed by atoms with E-state index in [4.69, 9.17) is 0 Å². The van der Waals surface area contributed by atoms with Gasteiger partial charge in [-0.05, 0) is 37.2 Å². The van der Waals surface area contributed by atoms with E-state index >= 15 is 0 Å². The fraction of sp³-hybridized carbons (Fsp3) is 0.400. The molecule has 20 heavy (non-hydrogen) atoms. The number of aryl methyl sites for hydroxylation is 1. The number of carboxylic acid groups (broad SMARTS) is 1. The van der Waals surface area contributed by atoms with E-state index in [2.05, 4.69) is 22.3 Å². The summed E-state index contributed by atoms with van der Waals surface area (Å²) >= 11 is 0. The van der Waals surface area contributed by atoms with Crippen molar-refractivity contribution in [3.63, 3.8) is 0 Å². The highest BCUT2D eigenvalue weighted by Crippen LogP contribution is 2.25. The number of hydrogen-bond donors (Lipinski definition) is 2. The summed E-state index contributed by atoms with van der Waals surface area (Å²) in [6, 6.07) is 7.93. The van der Waals surface area contributed by atoms with Crippen LogP contribution in [0.2, 0.25) is 0 Å². The lowest BCUT2D eigenvalue weighted by atomic mass is 10.2. The fourth-order valence-electron chi connectivity index (χ4n) is 2.84. The molecule has 0 spiro atoms. The van der Waals surface area contributed by atoms with Crippen LogP contribution in [-0.2, 0) is 7.05 Å². The van der Waals surface area contributed by atoms with Crippen molar-refractivity contribution in [3.8, 4) is 0 Å². The minimum Gasteiger partial charge on any atom is -0.477 e. The molecule has 1 aliphatic heterocycles. The summed E-state index contributed by atoms with van der Waals surface area (Å²) < 4.78 is 1.73. The van der Waals surface area contributed by atoms with Gasteiger partial charge in [-0.3, -0.25) is 0 Å². The highest BCUT2D eigenvalue weighted by atomic mass is 16.4. The Labute approximate surface area is 117 Å². The molecule has 2 N–H and O–H groups in total. The molecular weight excluding hydrogens is 254 g/mol. The van der Waals surface area contributed by atoms with Crippen molar-refractivity contribution in [1.29, 1.82) is 0 Å². The Hall–Kier alpha value is -2.01. The Bertz CT molecular complexity index is 640. The summed E-state index contributed by atoms with van der Waals surface area (Å²) in [6.45, 7) is 4.09. The molecule has 1 aromatic heterocycles. The van der Waals surface area contributed by atoms with E-state index in [9.17, 15) is 9.90 Å². The van der Waals surface area contributed by atoms with Crippen molar-refractivity contribution >= 4 is 22.6 Å². The van der Waals surface area contributed by atoms with Gasteiger partial charge in [0.2, 0.25) is 0 Å². The van der Waals surface area contributed by atoms with Crippen LogP contribution in [0.25, 0.3) is 10.9 Å². The van der Waals surface area contributed by atoms with Crippen molar-refractivity contribution in [1.82, 2.24) is 9.88 Å². The van der Waals surface area contributed by atoms with Gasteiger partial charge >= 0.3 is 5.97 Å². The molecule has 1 fully saturated rings. The van der Waals surface area contributed by atoms with Crippen molar-refractivity contribution in [2.75, 3.05) is 31.1 Å². The molecular formula is C15H19N3O2. The highest BCUT2D eigenvalue weighted by molar-refractivity contribution is 5.95. The van der Waals surface area contributed by atoms with Gasteiger partial charge in [0.25, 0.3) is 0 Å². The predicted octanol–water partition coefficient (Wildman–Crippen LogP) is 1.68. The molecule has 0 atom stereocenters. The smallest absolute Gasteiger partial charge is 0.352 e. The molecule has 106 valence electrons. The quantitative estimate of drug-likeness (QED) is 0.874. The van der Waals surface area contributed by atoms with Gasteiger partial charge in [-0.25, -0.2) is 4.79 Å². The molecule has 5 heteroatoms. The summed E-state index contributed by atoms with van der Waals surface area (Å²) in [5.74, 6) is -0.885. The molecule has 0 bridgehead atoms. The molecule has 2 aromatic rings. The number of fused-ring (bicyclic) bond motifs is 1. The van der Waals surface area contributed by atoms with E-state index < -0.39 is 5.97 Å². The zero-order chi connectivity index (χ0) is 14.1. The van der Waals surface area contributed by atoms with Gasteiger partial charge < -0.3 is 19.9 Å². The van der Waals surface area contributed by atoms with Crippen molar-refractivity contribution in [2.24, 2.45) is 7.05 Å². The van der Waals surface area contributed by atoms with Gasteiger partial charge in [0.1, 0.15) is 5.69 Å². The summed E-state index contributed by atoms with van der Waals surface area (Å²) in [6.07, 6.45) is 1.13. The van der Waals surface area contributed by atoms with E-state index in [1.807, 2.05) is 6.07 Å². The van der Waals surface area contributed by atoms with E-state index in [1.54, 1.807) is 17.7 Å². The number of aromatic nitrogens is 1. The maximum Gasteiger partial charge on any atom is 0.352 e. The average Bonchev–Trinajstić information content (AvgIpc) is 2.64. The minimum atomic E-state index is -0.885. The van der Waals surface area contributed by atoms with Crippen LogP contribution in [0.3, 0.4) is 0 Å². The second kappa shape index (κ2) is 5.17. The lowest BCUT2D eigenvalue weighted by Gasteiger charge is -2.22. The molecule has 0 unspecified atom stereocenters. The van der Waals surface area contributed by atoms with Crippen LogP contribution in [-0.4, -0.2) is 41.8 Å². The molecule has 1 aromatic carbocycles. The Balaban J connectivity index is 1.99. The van der Waals surface area contributed by atoms with Crippen LogP contribution < -0.4 is 10.2 Å². The van der Waals surface area contributed by atoms with Gasteiger partial charge in [-0.1, -0.05) is 0 Å². The van der Waals surface area contributed by atoms with E-state index in [0.717, 1.165) is 43.5 Å². The first-order valence-corrected chi connectivity index (χ1v) is 6.95. The third-order valence-electron chi connectivity index (χ3n) is 3.95. The number of nitrogens with one attached hydrogen (secondary N) is 1. The van der Waals surface area contributed by atoms with Gasteiger partial charge in [0, 0.05) is 43.3 Å². The number of anilines is 1. The molecule has 2 heterocycles. The Morgan fingerprint density at radius 2 is 2.10 bits per heavy atom. The normalized spacial score (nSPS) is 16.4. The maximum atomic E-state index is 11.2. The number of carboxylic acids is 1. The third kappa shape index (κ3) is 2.25. The number of hydrogen-bond acceptors (Lipinski definition) is 3. The summed E-state index contributed by atoms with van der Waals surface area (Å²) in [5, 5.41) is 13.6. The van der Waals surface area contributed by atoms with E-state index in [0.29, 0.717) is 5.69 Å². The molecule has 0 amide bonds. The minimum absolute atomic E-state index is 0.328. The third-order valence-corrected chi connectivity index (χ3v) is 3.95. The Morgan fingerprint density at radius 1 is 1.25 bits per heavy atom. The lowest BCUT2D eigenvalue weighted by molar-refractivity contribution is 0.0687. The van der Waals surface area contributed by atoms with Gasteiger partial charge in [-0.2, -0.15) is 0 Å². The molecule has 0 aliphatic carbocycles. The number of carbonyl (C=O) groups is 1. The van der Waals surface area contributed by atoms with Crippen LogP contribution in [0.4, 0.5) is 5.69 Å². The van der Waals surface area contributed by atoms with Crippen LogP contribution in [0.5, 0.6) is 0 Å². The van der Waals surface area contributed by atoms with E-state index in [-0.39, 0.29) is 0 Å². The second-order valence-electron chi connectivity index (χ2n) is 5.23. The first-order chi connectivity index (χ1) is 9.66. The van der Waals surface area contributed by atoms with Gasteiger partial charge in [0.05, 0.1) is 0 Å². The van der Waals surface area contributed by atoms with Crippen molar-refractivity contribution in [3.05, 3.63) is 30.0 Å². The fourth-order valence-corrected chi connectivity index (χ4v) is 2.84. The van der Waals surface area contributed by atoms with Gasteiger partial charge in [-0.15, -0.1) is 0 Å². The van der Waals surface area contributed by atoms with Crippen molar-refractivity contribution in [2.45, 2.75) is 6.42 Å².